The van der Waals surface area contributed by atoms with Crippen LogP contribution >= 0.6 is 31.9 Å². The van der Waals surface area contributed by atoms with Crippen molar-refractivity contribution in [2.45, 2.75) is 5.92 Å². The van der Waals surface area contributed by atoms with E-state index < -0.39 is 17.5 Å². The highest BCUT2D eigenvalue weighted by molar-refractivity contribution is 9.10. The number of carbonyl (C=O) groups is 1. The van der Waals surface area contributed by atoms with E-state index in [1.54, 1.807) is 24.3 Å². The standard InChI is InChI=1S/C15H8Br2FNO/c16-10-3-1-2-9(6-10)13(8-19)15(20)12-7-11(18)4-5-14(12)17/h1-7,13H. The van der Waals surface area contributed by atoms with Crippen molar-refractivity contribution in [3.63, 3.8) is 0 Å². The summed E-state index contributed by atoms with van der Waals surface area (Å²) >= 11 is 6.51. The third-order valence-corrected chi connectivity index (χ3v) is 3.95. The Morgan fingerprint density at radius 2 is 1.95 bits per heavy atom. The second-order valence-corrected chi connectivity index (χ2v) is 5.88. The lowest BCUT2D eigenvalue weighted by atomic mass is 9.92. The molecule has 0 aromatic heterocycles. The second kappa shape index (κ2) is 6.29. The Labute approximate surface area is 132 Å². The molecule has 5 heteroatoms. The molecule has 2 rings (SSSR count). The molecule has 0 aliphatic carbocycles. The number of benzene rings is 2. The van der Waals surface area contributed by atoms with Gasteiger partial charge in [0.25, 0.3) is 0 Å². The van der Waals surface area contributed by atoms with Gasteiger partial charge in [-0.05, 0) is 35.9 Å². The van der Waals surface area contributed by atoms with Gasteiger partial charge in [0.05, 0.1) is 6.07 Å². The van der Waals surface area contributed by atoms with Crippen LogP contribution in [0.2, 0.25) is 0 Å². The van der Waals surface area contributed by atoms with E-state index in [1.165, 1.54) is 12.1 Å². The molecule has 2 aromatic rings. The van der Waals surface area contributed by atoms with Crippen LogP contribution in [0.25, 0.3) is 0 Å². The van der Waals surface area contributed by atoms with E-state index in [9.17, 15) is 14.4 Å². The van der Waals surface area contributed by atoms with Crippen molar-refractivity contribution in [3.8, 4) is 6.07 Å². The quantitative estimate of drug-likeness (QED) is 0.696. The molecule has 0 saturated heterocycles. The number of nitriles is 1. The lowest BCUT2D eigenvalue weighted by Gasteiger charge is -2.10. The van der Waals surface area contributed by atoms with E-state index in [0.29, 0.717) is 10.0 Å². The number of rotatable bonds is 3. The van der Waals surface area contributed by atoms with Crippen LogP contribution in [-0.2, 0) is 0 Å². The minimum Gasteiger partial charge on any atom is -0.292 e. The average Bonchev–Trinajstić information content (AvgIpc) is 2.42. The number of hydrogen-bond donors (Lipinski definition) is 0. The maximum absolute atomic E-state index is 13.3. The van der Waals surface area contributed by atoms with Crippen LogP contribution in [0.1, 0.15) is 21.8 Å². The van der Waals surface area contributed by atoms with Gasteiger partial charge in [-0.25, -0.2) is 4.39 Å². The molecule has 2 aromatic carbocycles. The minimum atomic E-state index is -0.967. The largest absolute Gasteiger partial charge is 0.292 e. The number of ketones is 1. The molecule has 0 fully saturated rings. The van der Waals surface area contributed by atoms with Crippen molar-refractivity contribution in [1.82, 2.24) is 0 Å². The first-order chi connectivity index (χ1) is 9.52. The van der Waals surface area contributed by atoms with Gasteiger partial charge in [0.2, 0.25) is 0 Å². The third-order valence-electron chi connectivity index (χ3n) is 2.77. The molecule has 0 spiro atoms. The first kappa shape index (κ1) is 14.9. The van der Waals surface area contributed by atoms with E-state index in [0.717, 1.165) is 10.5 Å². The molecule has 0 aliphatic rings. The lowest BCUT2D eigenvalue weighted by Crippen LogP contribution is -2.12. The zero-order valence-electron chi connectivity index (χ0n) is 10.1. The minimum absolute atomic E-state index is 0.163. The number of halogens is 3. The fourth-order valence-electron chi connectivity index (χ4n) is 1.81. The fraction of sp³-hybridized carbons (Fsp3) is 0.0667. The molecule has 0 saturated carbocycles. The Balaban J connectivity index is 2.45. The Kier molecular flexibility index (Phi) is 4.69. The first-order valence-corrected chi connectivity index (χ1v) is 7.26. The van der Waals surface area contributed by atoms with Crippen LogP contribution < -0.4 is 0 Å². The number of Topliss-reactive ketones (excluding diaryl/α,β-unsaturated/α-hetero) is 1. The van der Waals surface area contributed by atoms with E-state index in [-0.39, 0.29) is 5.56 Å². The van der Waals surface area contributed by atoms with Gasteiger partial charge in [-0.1, -0.05) is 44.0 Å². The maximum Gasteiger partial charge on any atom is 0.185 e. The highest BCUT2D eigenvalue weighted by atomic mass is 79.9. The number of nitrogens with zero attached hydrogens (tertiary/aromatic N) is 1. The van der Waals surface area contributed by atoms with Crippen molar-refractivity contribution in [3.05, 3.63) is 68.4 Å². The molecular weight excluding hydrogens is 389 g/mol. The predicted molar refractivity (Wildman–Crippen MR) is 80.9 cm³/mol. The SMILES string of the molecule is N#CC(C(=O)c1cc(F)ccc1Br)c1cccc(Br)c1. The number of hydrogen-bond acceptors (Lipinski definition) is 2. The van der Waals surface area contributed by atoms with Gasteiger partial charge in [-0.15, -0.1) is 0 Å². The maximum atomic E-state index is 13.3. The average molecular weight is 397 g/mol. The first-order valence-electron chi connectivity index (χ1n) is 5.67. The molecule has 0 amide bonds. The lowest BCUT2D eigenvalue weighted by molar-refractivity contribution is 0.0977. The van der Waals surface area contributed by atoms with Crippen molar-refractivity contribution in [2.24, 2.45) is 0 Å². The summed E-state index contributed by atoms with van der Waals surface area (Å²) in [4.78, 5) is 12.4. The molecule has 2 nitrogen and oxygen atoms in total. The molecular formula is C15H8Br2FNO. The topological polar surface area (TPSA) is 40.9 Å². The highest BCUT2D eigenvalue weighted by Crippen LogP contribution is 2.27. The van der Waals surface area contributed by atoms with Gasteiger partial charge >= 0.3 is 0 Å². The van der Waals surface area contributed by atoms with E-state index in [4.69, 9.17) is 0 Å². The monoisotopic (exact) mass is 395 g/mol. The molecule has 0 N–H and O–H groups in total. The van der Waals surface area contributed by atoms with Gasteiger partial charge in [-0.2, -0.15) is 5.26 Å². The van der Waals surface area contributed by atoms with Gasteiger partial charge in [-0.3, -0.25) is 4.79 Å². The van der Waals surface area contributed by atoms with Crippen molar-refractivity contribution in [1.29, 1.82) is 5.26 Å². The molecule has 0 bridgehead atoms. The summed E-state index contributed by atoms with van der Waals surface area (Å²) in [6.45, 7) is 0. The van der Waals surface area contributed by atoms with E-state index >= 15 is 0 Å². The van der Waals surface area contributed by atoms with Gasteiger partial charge < -0.3 is 0 Å². The smallest absolute Gasteiger partial charge is 0.185 e. The summed E-state index contributed by atoms with van der Waals surface area (Å²) in [5, 5.41) is 9.27. The Bertz CT molecular complexity index is 709. The van der Waals surface area contributed by atoms with Crippen LogP contribution in [0.3, 0.4) is 0 Å². The molecule has 0 heterocycles. The Morgan fingerprint density at radius 3 is 2.60 bits per heavy atom. The van der Waals surface area contributed by atoms with Crippen LogP contribution in [0.4, 0.5) is 4.39 Å². The molecule has 0 radical (unpaired) electrons. The molecule has 0 aliphatic heterocycles. The fourth-order valence-corrected chi connectivity index (χ4v) is 2.67. The molecule has 20 heavy (non-hydrogen) atoms. The van der Waals surface area contributed by atoms with Crippen molar-refractivity contribution >= 4 is 37.6 Å². The summed E-state index contributed by atoms with van der Waals surface area (Å²) in [5.74, 6) is -1.91. The van der Waals surface area contributed by atoms with E-state index in [1.807, 2.05) is 6.07 Å². The van der Waals surface area contributed by atoms with Crippen molar-refractivity contribution < 1.29 is 9.18 Å². The van der Waals surface area contributed by atoms with Gasteiger partial charge in [0.15, 0.2) is 5.78 Å². The third kappa shape index (κ3) is 3.14. The molecule has 100 valence electrons. The van der Waals surface area contributed by atoms with Crippen molar-refractivity contribution in [2.75, 3.05) is 0 Å². The van der Waals surface area contributed by atoms with Crippen LogP contribution in [-0.4, -0.2) is 5.78 Å². The van der Waals surface area contributed by atoms with Gasteiger partial charge in [0.1, 0.15) is 11.7 Å². The molecule has 1 atom stereocenters. The van der Waals surface area contributed by atoms with Crippen LogP contribution in [0, 0.1) is 17.1 Å². The highest BCUT2D eigenvalue weighted by Gasteiger charge is 2.24. The predicted octanol–water partition coefficient (Wildman–Crippen LogP) is 4.84. The summed E-state index contributed by atoms with van der Waals surface area (Å²) < 4.78 is 14.5. The summed E-state index contributed by atoms with van der Waals surface area (Å²) in [6.07, 6.45) is 0. The molecule has 1 unspecified atom stereocenters. The summed E-state index contributed by atoms with van der Waals surface area (Å²) in [6, 6.07) is 12.8. The van der Waals surface area contributed by atoms with Crippen LogP contribution in [0.5, 0.6) is 0 Å². The second-order valence-electron chi connectivity index (χ2n) is 4.11. The zero-order valence-corrected chi connectivity index (χ0v) is 13.3. The summed E-state index contributed by atoms with van der Waals surface area (Å²) in [5.41, 5.74) is 0.736. The number of carbonyl (C=O) groups excluding carboxylic acids is 1. The Hall–Kier alpha value is -1.51. The van der Waals surface area contributed by atoms with E-state index in [2.05, 4.69) is 31.9 Å². The zero-order chi connectivity index (χ0) is 14.7. The normalized spacial score (nSPS) is 11.7. The van der Waals surface area contributed by atoms with Gasteiger partial charge in [0, 0.05) is 14.5 Å². The summed E-state index contributed by atoms with van der Waals surface area (Å²) in [7, 11) is 0. The van der Waals surface area contributed by atoms with Crippen LogP contribution in [0.15, 0.2) is 51.4 Å². The Morgan fingerprint density at radius 1 is 1.20 bits per heavy atom.